The second-order valence-corrected chi connectivity index (χ2v) is 6.66. The second kappa shape index (κ2) is 15.3. The van der Waals surface area contributed by atoms with Crippen molar-refractivity contribution in [2.75, 3.05) is 20.0 Å². The number of para-hydroxylation sites is 1. The molecule has 2 atom stereocenters. The molecule has 0 bridgehead atoms. The molecule has 5 N–H and O–H groups in total. The molecule has 0 fully saturated rings. The van der Waals surface area contributed by atoms with Gasteiger partial charge in [-0.2, -0.15) is 0 Å². The first kappa shape index (κ1) is 28.5. The molecule has 6 heteroatoms. The number of hydrogen-bond donors (Lipinski definition) is 1. The summed E-state index contributed by atoms with van der Waals surface area (Å²) in [5.74, 6) is 2.44. The smallest absolute Gasteiger partial charge is 0.137 e. The normalized spacial score (nSPS) is 15.6. The summed E-state index contributed by atoms with van der Waals surface area (Å²) in [5.41, 5.74) is 3.85. The van der Waals surface area contributed by atoms with Crippen molar-refractivity contribution < 1.29 is 25.0 Å². The van der Waals surface area contributed by atoms with Crippen molar-refractivity contribution in [2.45, 2.75) is 25.7 Å². The van der Waals surface area contributed by atoms with Crippen LogP contribution in [0.1, 0.15) is 42.4 Å². The highest BCUT2D eigenvalue weighted by atomic mass is 32.2. The quantitative estimate of drug-likeness (QED) is 0.590. The molecular formula is C25H34O5S. The lowest BCUT2D eigenvalue weighted by atomic mass is 9.76. The molecular weight excluding hydrogens is 412 g/mol. The Hall–Kier alpha value is -2.51. The van der Waals surface area contributed by atoms with E-state index in [4.69, 9.17) is 14.0 Å². The van der Waals surface area contributed by atoms with E-state index < -0.39 is 0 Å². The molecule has 0 spiro atoms. The molecule has 0 radical (unpaired) electrons. The number of aliphatic hydroxyl groups is 1. The molecule has 31 heavy (non-hydrogen) atoms. The van der Waals surface area contributed by atoms with Crippen molar-refractivity contribution >= 4 is 12.0 Å². The lowest BCUT2D eigenvalue weighted by Gasteiger charge is -2.34. The number of ether oxygens (including phenoxy) is 1. The average molecular weight is 447 g/mol. The van der Waals surface area contributed by atoms with Gasteiger partial charge in [0.25, 0.3) is 0 Å². The van der Waals surface area contributed by atoms with Crippen LogP contribution in [0.4, 0.5) is 0 Å². The van der Waals surface area contributed by atoms with Crippen LogP contribution >= 0.6 is 12.0 Å². The van der Waals surface area contributed by atoms with Gasteiger partial charge < -0.3 is 25.0 Å². The van der Waals surface area contributed by atoms with Gasteiger partial charge in [0.15, 0.2) is 0 Å². The first-order chi connectivity index (χ1) is 14.4. The molecule has 1 aliphatic rings. The Kier molecular flexibility index (Phi) is 14.1. The van der Waals surface area contributed by atoms with Crippen molar-refractivity contribution in [1.82, 2.24) is 0 Å². The molecule has 0 saturated heterocycles. The van der Waals surface area contributed by atoms with E-state index in [-0.39, 0.29) is 16.9 Å². The SMILES string of the molecule is CC.CO.CSOc1ccc(C2c3ccccc3OCC2c2ccccc2)cc1.O.O. The monoisotopic (exact) mass is 446 g/mol. The van der Waals surface area contributed by atoms with Gasteiger partial charge in [-0.3, -0.25) is 0 Å². The molecule has 0 amide bonds. The summed E-state index contributed by atoms with van der Waals surface area (Å²) in [6.07, 6.45) is 1.92. The first-order valence-electron chi connectivity index (χ1n) is 9.89. The highest BCUT2D eigenvalue weighted by Crippen LogP contribution is 2.46. The van der Waals surface area contributed by atoms with Crippen LogP contribution in [-0.2, 0) is 0 Å². The first-order valence-corrected chi connectivity index (χ1v) is 11.0. The molecule has 4 rings (SSSR count). The summed E-state index contributed by atoms with van der Waals surface area (Å²) in [7, 11) is 1.00. The van der Waals surface area contributed by atoms with Gasteiger partial charge in [-0.05, 0) is 29.3 Å². The van der Waals surface area contributed by atoms with Crippen molar-refractivity contribution in [3.05, 3.63) is 95.6 Å². The zero-order valence-corrected chi connectivity index (χ0v) is 19.4. The van der Waals surface area contributed by atoms with Gasteiger partial charge in [-0.1, -0.05) is 74.5 Å². The Morgan fingerprint density at radius 2 is 1.39 bits per heavy atom. The number of fused-ring (bicyclic) bond motifs is 1. The lowest BCUT2D eigenvalue weighted by molar-refractivity contribution is 0.249. The molecule has 0 saturated carbocycles. The lowest BCUT2D eigenvalue weighted by Crippen LogP contribution is -2.25. The Balaban J connectivity index is 0.00000142. The maximum absolute atomic E-state index is 7.00. The third-order valence-corrected chi connectivity index (χ3v) is 5.08. The van der Waals surface area contributed by atoms with E-state index in [0.717, 1.165) is 18.6 Å². The maximum atomic E-state index is 7.00. The molecule has 170 valence electrons. The van der Waals surface area contributed by atoms with E-state index in [1.165, 1.54) is 28.7 Å². The van der Waals surface area contributed by atoms with Crippen molar-refractivity contribution in [2.24, 2.45) is 0 Å². The molecule has 0 aromatic heterocycles. The zero-order valence-electron chi connectivity index (χ0n) is 18.5. The predicted molar refractivity (Wildman–Crippen MR) is 130 cm³/mol. The molecule has 0 aliphatic carbocycles. The summed E-state index contributed by atoms with van der Waals surface area (Å²) >= 11 is 1.36. The van der Waals surface area contributed by atoms with E-state index in [0.29, 0.717) is 12.5 Å². The summed E-state index contributed by atoms with van der Waals surface area (Å²) < 4.78 is 11.6. The maximum Gasteiger partial charge on any atom is 0.137 e. The Morgan fingerprint density at radius 3 is 2.00 bits per heavy atom. The summed E-state index contributed by atoms with van der Waals surface area (Å²) in [6, 6.07) is 27.5. The van der Waals surface area contributed by atoms with Crippen LogP contribution in [0.25, 0.3) is 0 Å². The van der Waals surface area contributed by atoms with E-state index in [9.17, 15) is 0 Å². The fourth-order valence-corrected chi connectivity index (χ4v) is 3.89. The Labute approximate surface area is 189 Å². The molecule has 3 aromatic rings. The van der Waals surface area contributed by atoms with E-state index in [1.807, 2.05) is 38.3 Å². The predicted octanol–water partition coefficient (Wildman–Crippen LogP) is 4.64. The minimum atomic E-state index is 0. The topological polar surface area (TPSA) is 102 Å². The zero-order chi connectivity index (χ0) is 21.1. The van der Waals surface area contributed by atoms with Crippen LogP contribution in [0.5, 0.6) is 11.5 Å². The third kappa shape index (κ3) is 7.01. The molecule has 1 heterocycles. The molecule has 5 nitrogen and oxygen atoms in total. The van der Waals surface area contributed by atoms with Gasteiger partial charge in [0.05, 0.1) is 18.6 Å². The number of benzene rings is 3. The van der Waals surface area contributed by atoms with Crippen molar-refractivity contribution in [3.8, 4) is 11.5 Å². The van der Waals surface area contributed by atoms with Crippen LogP contribution in [0.3, 0.4) is 0 Å². The third-order valence-electron chi connectivity index (χ3n) is 4.72. The summed E-state index contributed by atoms with van der Waals surface area (Å²) in [4.78, 5) is 0. The highest BCUT2D eigenvalue weighted by Gasteiger charge is 2.33. The van der Waals surface area contributed by atoms with Crippen molar-refractivity contribution in [1.29, 1.82) is 0 Å². The highest BCUT2D eigenvalue weighted by molar-refractivity contribution is 7.94. The second-order valence-electron chi connectivity index (χ2n) is 6.16. The van der Waals surface area contributed by atoms with Gasteiger partial charge in [-0.15, -0.1) is 0 Å². The number of hydrogen-bond acceptors (Lipinski definition) is 4. The fraction of sp³-hybridized carbons (Fsp3) is 0.280. The van der Waals surface area contributed by atoms with Crippen LogP contribution in [0.15, 0.2) is 78.9 Å². The molecule has 1 aliphatic heterocycles. The minimum absolute atomic E-state index is 0. The van der Waals surface area contributed by atoms with E-state index in [2.05, 4.69) is 60.7 Å². The van der Waals surface area contributed by atoms with Crippen LogP contribution < -0.4 is 8.92 Å². The number of aliphatic hydroxyl groups excluding tert-OH is 1. The van der Waals surface area contributed by atoms with E-state index >= 15 is 0 Å². The largest absolute Gasteiger partial charge is 0.493 e. The van der Waals surface area contributed by atoms with Gasteiger partial charge in [-0.25, -0.2) is 0 Å². The van der Waals surface area contributed by atoms with Gasteiger partial charge >= 0.3 is 0 Å². The molecule has 2 unspecified atom stereocenters. The van der Waals surface area contributed by atoms with Crippen LogP contribution in [-0.4, -0.2) is 36.0 Å². The fourth-order valence-electron chi connectivity index (χ4n) is 3.59. The van der Waals surface area contributed by atoms with Gasteiger partial charge in [0.1, 0.15) is 11.5 Å². The van der Waals surface area contributed by atoms with E-state index in [1.54, 1.807) is 0 Å². The Morgan fingerprint density at radius 1 is 0.806 bits per heavy atom. The average Bonchev–Trinajstić information content (AvgIpc) is 2.82. The van der Waals surface area contributed by atoms with Crippen LogP contribution in [0, 0.1) is 0 Å². The number of rotatable bonds is 4. The van der Waals surface area contributed by atoms with Gasteiger partial charge in [0, 0.05) is 30.8 Å². The Bertz CT molecular complexity index is 840. The summed E-state index contributed by atoms with van der Waals surface area (Å²) in [5, 5.41) is 7.00. The van der Waals surface area contributed by atoms with Crippen molar-refractivity contribution in [3.63, 3.8) is 0 Å². The van der Waals surface area contributed by atoms with Gasteiger partial charge in [0.2, 0.25) is 0 Å². The minimum Gasteiger partial charge on any atom is -0.493 e. The van der Waals surface area contributed by atoms with Crippen LogP contribution in [0.2, 0.25) is 0 Å². The standard InChI is InChI=1S/C22H20O2S.C2H6.CH4O.2H2O/c1-25-24-18-13-11-17(12-14-18)22-19-9-5-6-10-21(19)23-15-20(22)16-7-3-2-4-8-16;2*1-2;;/h2-14,20,22H,15H2,1H3;1-2H3;2H,1H3;2*1H2. The summed E-state index contributed by atoms with van der Waals surface area (Å²) in [6.45, 7) is 4.69. The molecule has 3 aromatic carbocycles.